The molecule has 1 N–H and O–H groups in total. The first-order chi connectivity index (χ1) is 16.1. The summed E-state index contributed by atoms with van der Waals surface area (Å²) in [6.45, 7) is 2.64. The molecule has 33 heavy (non-hydrogen) atoms. The molecule has 2 aromatic rings. The number of hydrogen-bond acceptors (Lipinski definition) is 5. The molecule has 6 heteroatoms. The second kappa shape index (κ2) is 10.2. The predicted octanol–water partition coefficient (Wildman–Crippen LogP) is 5.90. The summed E-state index contributed by atoms with van der Waals surface area (Å²) in [7, 11) is 1.67. The minimum Gasteiger partial charge on any atom is -0.480 e. The van der Waals surface area contributed by atoms with E-state index in [1.165, 1.54) is 61.8 Å². The zero-order valence-electron chi connectivity index (χ0n) is 19.7. The Balaban J connectivity index is 1.29. The van der Waals surface area contributed by atoms with Crippen molar-refractivity contribution in [1.82, 2.24) is 15.3 Å². The van der Waals surface area contributed by atoms with Crippen LogP contribution in [0.3, 0.4) is 0 Å². The molecule has 0 radical (unpaired) electrons. The minimum atomic E-state index is 0.0720. The first-order valence-electron chi connectivity index (χ1n) is 12.6. The molecule has 3 fully saturated rings. The lowest BCUT2D eigenvalue weighted by Crippen LogP contribution is -2.47. The highest BCUT2D eigenvalue weighted by Crippen LogP contribution is 2.50. The van der Waals surface area contributed by atoms with E-state index in [-0.39, 0.29) is 11.0 Å². The van der Waals surface area contributed by atoms with Crippen LogP contribution in [-0.2, 0) is 16.7 Å². The zero-order valence-corrected chi connectivity index (χ0v) is 21.9. The highest BCUT2D eigenvalue weighted by atomic mass is 127. The molecule has 0 unspecified atom stereocenters. The average molecular weight is 562 g/mol. The van der Waals surface area contributed by atoms with E-state index in [0.29, 0.717) is 5.88 Å². The van der Waals surface area contributed by atoms with Gasteiger partial charge in [0, 0.05) is 36.7 Å². The maximum Gasteiger partial charge on any atom is 0.226 e. The van der Waals surface area contributed by atoms with Crippen LogP contribution in [0, 0.1) is 3.57 Å². The van der Waals surface area contributed by atoms with E-state index < -0.39 is 0 Å². The van der Waals surface area contributed by atoms with Crippen molar-refractivity contribution >= 4 is 22.6 Å². The molecule has 1 aliphatic heterocycles. The molecule has 0 amide bonds. The number of nitrogens with zero attached hydrogens (tertiary/aromatic N) is 2. The second-order valence-corrected chi connectivity index (χ2v) is 11.5. The van der Waals surface area contributed by atoms with Crippen LogP contribution in [0.4, 0.5) is 0 Å². The highest BCUT2D eigenvalue weighted by molar-refractivity contribution is 14.1. The van der Waals surface area contributed by atoms with E-state index in [4.69, 9.17) is 14.5 Å². The Morgan fingerprint density at radius 3 is 2.64 bits per heavy atom. The number of methoxy groups -OCH3 is 1. The van der Waals surface area contributed by atoms with Crippen molar-refractivity contribution in [2.24, 2.45) is 0 Å². The fourth-order valence-corrected chi connectivity index (χ4v) is 6.85. The average Bonchev–Trinajstić information content (AvgIpc) is 3.23. The van der Waals surface area contributed by atoms with Gasteiger partial charge >= 0.3 is 0 Å². The van der Waals surface area contributed by atoms with Crippen molar-refractivity contribution in [3.8, 4) is 5.88 Å². The summed E-state index contributed by atoms with van der Waals surface area (Å²) >= 11 is 2.29. The van der Waals surface area contributed by atoms with Crippen molar-refractivity contribution in [2.75, 3.05) is 20.3 Å². The number of aromatic nitrogens is 2. The maximum atomic E-state index is 6.43. The first kappa shape index (κ1) is 23.5. The number of rotatable bonds is 8. The summed E-state index contributed by atoms with van der Waals surface area (Å²) < 4.78 is 12.8. The van der Waals surface area contributed by atoms with E-state index in [0.717, 1.165) is 48.4 Å². The van der Waals surface area contributed by atoms with Crippen molar-refractivity contribution in [3.05, 3.63) is 51.0 Å². The van der Waals surface area contributed by atoms with Gasteiger partial charge in [-0.05, 0) is 103 Å². The van der Waals surface area contributed by atoms with Gasteiger partial charge in [0.05, 0.1) is 16.3 Å². The minimum absolute atomic E-state index is 0.0720. The number of hydrogen-bond donors (Lipinski definition) is 1. The standard InChI is InChI=1S/C27H36IN3O2/c1-32-25-23(28)15-20(17-31-25)16-29-13-11-26(12-14-33-27(19-26)9-2-3-10-27)24-8-7-22(18-30-24)21-5-4-6-21/h7-8,15,17-18,21,29H,2-6,9-14,16,19H2,1H3/t26-/m1/s1. The lowest BCUT2D eigenvalue weighted by Gasteiger charge is -2.46. The molecule has 1 spiro atoms. The molecule has 2 aliphatic carbocycles. The van der Waals surface area contributed by atoms with Gasteiger partial charge in [-0.25, -0.2) is 4.98 Å². The quantitative estimate of drug-likeness (QED) is 0.322. The van der Waals surface area contributed by atoms with E-state index in [9.17, 15) is 0 Å². The van der Waals surface area contributed by atoms with Crippen LogP contribution >= 0.6 is 22.6 Å². The summed E-state index contributed by atoms with van der Waals surface area (Å²) in [6, 6.07) is 6.86. The molecule has 2 saturated carbocycles. The molecule has 5 rings (SSSR count). The molecule has 5 nitrogen and oxygen atoms in total. The molecule has 3 heterocycles. The van der Waals surface area contributed by atoms with Crippen LogP contribution in [0.2, 0.25) is 0 Å². The van der Waals surface area contributed by atoms with Gasteiger partial charge in [0.2, 0.25) is 5.88 Å². The smallest absolute Gasteiger partial charge is 0.226 e. The highest BCUT2D eigenvalue weighted by Gasteiger charge is 2.48. The van der Waals surface area contributed by atoms with Gasteiger partial charge in [-0.2, -0.15) is 0 Å². The van der Waals surface area contributed by atoms with Crippen molar-refractivity contribution < 1.29 is 9.47 Å². The molecule has 3 aliphatic rings. The van der Waals surface area contributed by atoms with Gasteiger partial charge < -0.3 is 14.8 Å². The normalized spacial score (nSPS) is 24.7. The Morgan fingerprint density at radius 1 is 1.12 bits per heavy atom. The molecule has 0 aromatic carbocycles. The van der Waals surface area contributed by atoms with Gasteiger partial charge in [-0.15, -0.1) is 0 Å². The van der Waals surface area contributed by atoms with Gasteiger partial charge in [0.1, 0.15) is 0 Å². The van der Waals surface area contributed by atoms with Crippen LogP contribution < -0.4 is 10.1 Å². The molecule has 0 bridgehead atoms. The summed E-state index contributed by atoms with van der Waals surface area (Å²) in [5, 5.41) is 3.68. The predicted molar refractivity (Wildman–Crippen MR) is 139 cm³/mol. The van der Waals surface area contributed by atoms with E-state index in [1.54, 1.807) is 7.11 Å². The zero-order chi connectivity index (χ0) is 22.7. The van der Waals surface area contributed by atoms with E-state index in [1.807, 2.05) is 6.20 Å². The summed E-state index contributed by atoms with van der Waals surface area (Å²) in [5.74, 6) is 1.43. The SMILES string of the molecule is COc1ncc(CNCC[C@@]2(c3ccc(C4CCC4)cn3)CCOC3(CCCC3)C2)cc1I. The Kier molecular flexibility index (Phi) is 7.23. The van der Waals surface area contributed by atoms with Gasteiger partial charge in [0.15, 0.2) is 0 Å². The lowest BCUT2D eigenvalue weighted by atomic mass is 9.67. The van der Waals surface area contributed by atoms with Crippen LogP contribution in [-0.4, -0.2) is 35.8 Å². The number of halogens is 1. The Labute approximate surface area is 211 Å². The monoisotopic (exact) mass is 561 g/mol. The summed E-state index contributed by atoms with van der Waals surface area (Å²) in [6.07, 6.45) is 16.4. The van der Waals surface area contributed by atoms with Crippen LogP contribution in [0.1, 0.15) is 86.9 Å². The fraction of sp³-hybridized carbons (Fsp3) is 0.630. The lowest BCUT2D eigenvalue weighted by molar-refractivity contribution is -0.104. The van der Waals surface area contributed by atoms with E-state index >= 15 is 0 Å². The van der Waals surface area contributed by atoms with E-state index in [2.05, 4.69) is 57.3 Å². The van der Waals surface area contributed by atoms with Gasteiger partial charge in [-0.3, -0.25) is 4.98 Å². The van der Waals surface area contributed by atoms with Crippen molar-refractivity contribution in [2.45, 2.75) is 87.7 Å². The number of ether oxygens (including phenoxy) is 2. The Bertz CT molecular complexity index is 941. The Hall–Kier alpha value is -1.25. The van der Waals surface area contributed by atoms with Crippen LogP contribution in [0.5, 0.6) is 5.88 Å². The molecule has 2 aromatic heterocycles. The topological polar surface area (TPSA) is 56.3 Å². The third kappa shape index (κ3) is 5.08. The number of nitrogens with one attached hydrogen (secondary N) is 1. The summed E-state index contributed by atoms with van der Waals surface area (Å²) in [4.78, 5) is 9.50. The third-order valence-corrected chi connectivity index (χ3v) is 9.01. The molecule has 1 atom stereocenters. The first-order valence-corrected chi connectivity index (χ1v) is 13.7. The maximum absolute atomic E-state index is 6.43. The Morgan fingerprint density at radius 2 is 1.97 bits per heavy atom. The number of pyridine rings is 2. The molecular formula is C27H36IN3O2. The third-order valence-electron chi connectivity index (χ3n) is 8.24. The van der Waals surface area contributed by atoms with Crippen molar-refractivity contribution in [3.63, 3.8) is 0 Å². The van der Waals surface area contributed by atoms with Crippen LogP contribution in [0.25, 0.3) is 0 Å². The second-order valence-electron chi connectivity index (χ2n) is 10.3. The molecule has 178 valence electrons. The summed E-state index contributed by atoms with van der Waals surface area (Å²) in [5.41, 5.74) is 4.07. The molecule has 1 saturated heterocycles. The van der Waals surface area contributed by atoms with Crippen molar-refractivity contribution in [1.29, 1.82) is 0 Å². The largest absolute Gasteiger partial charge is 0.480 e. The van der Waals surface area contributed by atoms with Crippen LogP contribution in [0.15, 0.2) is 30.6 Å². The van der Waals surface area contributed by atoms with Gasteiger partial charge in [0.25, 0.3) is 0 Å². The molecular weight excluding hydrogens is 525 g/mol. The van der Waals surface area contributed by atoms with Gasteiger partial charge in [-0.1, -0.05) is 25.3 Å². The fourth-order valence-electron chi connectivity index (χ4n) is 6.09.